The standard InChI is InChI=1S/C33H32N2O5/c1-17(2)30(33(39)40-16-25(36)34-20-14-18(3)13-19(4)15-20)35-31(37)28-26-21-9-5-6-10-22(21)27(29(28)32(35)38)24-12-8-7-11-23(24)26/h5-15,17,26-30H,16H2,1-4H3,(H,34,36)/t26?,27?,28-,29-,30+/m1/s1. The highest BCUT2D eigenvalue weighted by Gasteiger charge is 2.63. The molecule has 3 amide bonds. The topological polar surface area (TPSA) is 92.8 Å². The third kappa shape index (κ3) is 4.03. The van der Waals surface area contributed by atoms with E-state index in [1.165, 1.54) is 0 Å². The number of rotatable bonds is 6. The van der Waals surface area contributed by atoms with Gasteiger partial charge in [0, 0.05) is 17.5 Å². The molecule has 3 atom stereocenters. The van der Waals surface area contributed by atoms with E-state index in [1.807, 2.05) is 80.6 Å². The van der Waals surface area contributed by atoms with Crippen LogP contribution in [0.5, 0.6) is 0 Å². The van der Waals surface area contributed by atoms with Gasteiger partial charge in [-0.05, 0) is 65.3 Å². The van der Waals surface area contributed by atoms with E-state index in [-0.39, 0.29) is 23.7 Å². The zero-order valence-electron chi connectivity index (χ0n) is 23.0. The van der Waals surface area contributed by atoms with Crippen molar-refractivity contribution in [2.24, 2.45) is 17.8 Å². The lowest BCUT2D eigenvalue weighted by molar-refractivity contribution is -0.162. The highest BCUT2D eigenvalue weighted by molar-refractivity contribution is 6.10. The molecule has 3 aromatic rings. The van der Waals surface area contributed by atoms with Gasteiger partial charge in [-0.25, -0.2) is 4.79 Å². The molecule has 3 aliphatic carbocycles. The Hall–Kier alpha value is -4.26. The van der Waals surface area contributed by atoms with Crippen LogP contribution in [0.25, 0.3) is 0 Å². The highest BCUT2D eigenvalue weighted by atomic mass is 16.5. The normalized spacial score (nSPS) is 23.0. The third-order valence-electron chi connectivity index (χ3n) is 8.48. The first-order chi connectivity index (χ1) is 19.2. The van der Waals surface area contributed by atoms with Crippen LogP contribution < -0.4 is 5.32 Å². The fourth-order valence-corrected chi connectivity index (χ4v) is 7.12. The number of carbonyl (C=O) groups is 4. The number of hydrogen-bond donors (Lipinski definition) is 1. The first-order valence-corrected chi connectivity index (χ1v) is 13.8. The SMILES string of the molecule is Cc1cc(C)cc(NC(=O)COC(=O)[C@H](C(C)C)N2C(=O)[C@@H]3C4c5ccccc5C(c5ccccc54)[C@H]3C2=O)c1. The van der Waals surface area contributed by atoms with Crippen molar-refractivity contribution in [2.45, 2.75) is 45.6 Å². The van der Waals surface area contributed by atoms with E-state index in [9.17, 15) is 19.2 Å². The lowest BCUT2D eigenvalue weighted by Crippen LogP contribution is -2.49. The fraction of sp³-hybridized carbons (Fsp3) is 0.333. The van der Waals surface area contributed by atoms with Crippen molar-refractivity contribution in [2.75, 3.05) is 11.9 Å². The molecule has 204 valence electrons. The number of hydrogen-bond acceptors (Lipinski definition) is 5. The molecule has 40 heavy (non-hydrogen) atoms. The average Bonchev–Trinajstić information content (AvgIpc) is 3.17. The predicted molar refractivity (Wildman–Crippen MR) is 150 cm³/mol. The summed E-state index contributed by atoms with van der Waals surface area (Å²) in [6.45, 7) is 6.91. The molecule has 7 rings (SSSR count). The maximum atomic E-state index is 14.1. The number of carbonyl (C=O) groups excluding carboxylic acids is 4. The van der Waals surface area contributed by atoms with Crippen molar-refractivity contribution >= 4 is 29.4 Å². The molecule has 0 unspecified atom stereocenters. The monoisotopic (exact) mass is 536 g/mol. The van der Waals surface area contributed by atoms with Gasteiger partial charge in [0.25, 0.3) is 5.91 Å². The molecule has 1 fully saturated rings. The van der Waals surface area contributed by atoms with Crippen molar-refractivity contribution in [3.8, 4) is 0 Å². The van der Waals surface area contributed by atoms with Crippen LogP contribution in [0.1, 0.15) is 59.1 Å². The van der Waals surface area contributed by atoms with Crippen LogP contribution in [-0.4, -0.2) is 41.2 Å². The summed E-state index contributed by atoms with van der Waals surface area (Å²) in [5.74, 6) is -3.99. The van der Waals surface area contributed by atoms with Gasteiger partial charge in [-0.2, -0.15) is 0 Å². The Balaban J connectivity index is 1.26. The molecule has 4 aliphatic rings. The molecule has 7 nitrogen and oxygen atoms in total. The molecule has 1 saturated heterocycles. The smallest absolute Gasteiger partial charge is 0.330 e. The molecular formula is C33H32N2O5. The molecular weight excluding hydrogens is 504 g/mol. The van der Waals surface area contributed by atoms with E-state index in [1.54, 1.807) is 13.8 Å². The summed E-state index contributed by atoms with van der Waals surface area (Å²) >= 11 is 0. The fourth-order valence-electron chi connectivity index (χ4n) is 7.12. The number of aryl methyl sites for hydroxylation is 2. The summed E-state index contributed by atoms with van der Waals surface area (Å²) in [6, 6.07) is 20.6. The van der Waals surface area contributed by atoms with Crippen LogP contribution in [0.15, 0.2) is 66.7 Å². The largest absolute Gasteiger partial charge is 0.454 e. The molecule has 0 spiro atoms. The zero-order chi connectivity index (χ0) is 28.3. The molecule has 1 aliphatic heterocycles. The molecule has 0 saturated carbocycles. The summed E-state index contributed by atoms with van der Waals surface area (Å²) in [7, 11) is 0. The van der Waals surface area contributed by atoms with E-state index in [4.69, 9.17) is 4.74 Å². The highest BCUT2D eigenvalue weighted by Crippen LogP contribution is 2.61. The first-order valence-electron chi connectivity index (χ1n) is 13.8. The number of nitrogens with one attached hydrogen (secondary N) is 1. The van der Waals surface area contributed by atoms with E-state index in [2.05, 4.69) is 5.32 Å². The number of benzene rings is 3. The quantitative estimate of drug-likeness (QED) is 0.364. The van der Waals surface area contributed by atoms with Gasteiger partial charge in [-0.15, -0.1) is 0 Å². The van der Waals surface area contributed by atoms with Gasteiger partial charge in [-0.1, -0.05) is 68.4 Å². The second-order valence-electron chi connectivity index (χ2n) is 11.5. The van der Waals surface area contributed by atoms with Gasteiger partial charge in [0.2, 0.25) is 11.8 Å². The van der Waals surface area contributed by atoms with Crippen LogP contribution in [0.2, 0.25) is 0 Å². The Morgan fingerprint density at radius 1 is 0.800 bits per heavy atom. The van der Waals surface area contributed by atoms with Gasteiger partial charge in [0.1, 0.15) is 6.04 Å². The summed E-state index contributed by atoms with van der Waals surface area (Å²) in [6.07, 6.45) is 0. The van der Waals surface area contributed by atoms with Crippen molar-refractivity contribution in [1.82, 2.24) is 4.90 Å². The average molecular weight is 537 g/mol. The molecule has 0 aromatic heterocycles. The van der Waals surface area contributed by atoms with Gasteiger partial charge in [0.05, 0.1) is 11.8 Å². The molecule has 1 N–H and O–H groups in total. The molecule has 2 bridgehead atoms. The lowest BCUT2D eigenvalue weighted by atomic mass is 9.55. The maximum Gasteiger partial charge on any atom is 0.330 e. The van der Waals surface area contributed by atoms with E-state index >= 15 is 0 Å². The zero-order valence-corrected chi connectivity index (χ0v) is 23.0. The van der Waals surface area contributed by atoms with Crippen molar-refractivity contribution < 1.29 is 23.9 Å². The van der Waals surface area contributed by atoms with Crippen LogP contribution >= 0.6 is 0 Å². The Kier molecular flexibility index (Phi) is 6.32. The first kappa shape index (κ1) is 26.0. The summed E-state index contributed by atoms with van der Waals surface area (Å²) in [5.41, 5.74) is 6.90. The number of imide groups is 1. The summed E-state index contributed by atoms with van der Waals surface area (Å²) in [4.78, 5) is 55.3. The Morgan fingerprint density at radius 2 is 1.25 bits per heavy atom. The maximum absolute atomic E-state index is 14.1. The summed E-state index contributed by atoms with van der Waals surface area (Å²) in [5, 5.41) is 2.75. The number of anilines is 1. The minimum absolute atomic E-state index is 0.253. The van der Waals surface area contributed by atoms with Crippen molar-refractivity contribution in [3.05, 3.63) is 100 Å². The summed E-state index contributed by atoms with van der Waals surface area (Å²) < 4.78 is 5.42. The van der Waals surface area contributed by atoms with Crippen LogP contribution in [-0.2, 0) is 23.9 Å². The van der Waals surface area contributed by atoms with Gasteiger partial charge in [-0.3, -0.25) is 19.3 Å². The minimum atomic E-state index is -1.12. The van der Waals surface area contributed by atoms with E-state index in [0.29, 0.717) is 5.69 Å². The predicted octanol–water partition coefficient (Wildman–Crippen LogP) is 4.70. The van der Waals surface area contributed by atoms with Crippen LogP contribution in [0.4, 0.5) is 5.69 Å². The van der Waals surface area contributed by atoms with Crippen LogP contribution in [0.3, 0.4) is 0 Å². The second-order valence-corrected chi connectivity index (χ2v) is 11.5. The molecule has 0 radical (unpaired) electrons. The van der Waals surface area contributed by atoms with Gasteiger partial charge >= 0.3 is 5.97 Å². The second kappa shape index (κ2) is 9.73. The Labute approximate surface area is 233 Å². The van der Waals surface area contributed by atoms with Gasteiger partial charge in [0.15, 0.2) is 6.61 Å². The number of likely N-dealkylation sites (tertiary alicyclic amines) is 1. The van der Waals surface area contributed by atoms with Crippen molar-refractivity contribution in [3.63, 3.8) is 0 Å². The number of esters is 1. The van der Waals surface area contributed by atoms with E-state index in [0.717, 1.165) is 38.3 Å². The Bertz CT molecular complexity index is 1420. The van der Waals surface area contributed by atoms with Gasteiger partial charge < -0.3 is 10.1 Å². The lowest BCUT2D eigenvalue weighted by Gasteiger charge is -2.45. The molecule has 1 heterocycles. The van der Waals surface area contributed by atoms with Crippen LogP contribution in [0, 0.1) is 31.6 Å². The minimum Gasteiger partial charge on any atom is -0.454 e. The van der Waals surface area contributed by atoms with Crippen molar-refractivity contribution in [1.29, 1.82) is 0 Å². The Morgan fingerprint density at radius 3 is 1.68 bits per heavy atom. The molecule has 3 aromatic carbocycles. The number of nitrogens with zero attached hydrogens (tertiary/aromatic N) is 1. The third-order valence-corrected chi connectivity index (χ3v) is 8.48. The number of amides is 3. The van der Waals surface area contributed by atoms with E-state index < -0.39 is 42.3 Å². The number of ether oxygens (including phenoxy) is 1. The molecule has 7 heteroatoms.